The zero-order valence-corrected chi connectivity index (χ0v) is 13.1. The van der Waals surface area contributed by atoms with Crippen LogP contribution in [0.25, 0.3) is 0 Å². The molecule has 1 rings (SSSR count). The van der Waals surface area contributed by atoms with Crippen LogP contribution in [-0.4, -0.2) is 86.4 Å². The van der Waals surface area contributed by atoms with E-state index < -0.39 is 28.2 Å². The second-order valence-electron chi connectivity index (χ2n) is 5.32. The Morgan fingerprint density at radius 3 is 2.43 bits per heavy atom. The summed E-state index contributed by atoms with van der Waals surface area (Å²) in [5.41, 5.74) is -0.661. The van der Waals surface area contributed by atoms with Gasteiger partial charge in [-0.2, -0.15) is 0 Å². The monoisotopic (exact) mass is 323 g/mol. The number of sulfonamides is 1. The highest BCUT2D eigenvalue weighted by Crippen LogP contribution is 2.24. The van der Waals surface area contributed by atoms with Crippen molar-refractivity contribution in [1.82, 2.24) is 14.5 Å². The zero-order valence-electron chi connectivity index (χ0n) is 12.3. The van der Waals surface area contributed by atoms with E-state index in [0.717, 1.165) is 4.31 Å². The number of ether oxygens (including phenoxy) is 1. The summed E-state index contributed by atoms with van der Waals surface area (Å²) in [4.78, 5) is 23.6. The Bertz CT molecular complexity index is 498. The number of amides is 2. The first-order valence-corrected chi connectivity index (χ1v) is 7.95. The van der Waals surface area contributed by atoms with E-state index in [-0.39, 0.29) is 31.4 Å². The summed E-state index contributed by atoms with van der Waals surface area (Å²) in [6.07, 6.45) is 0. The van der Waals surface area contributed by atoms with Gasteiger partial charge < -0.3 is 20.1 Å². The Hall–Kier alpha value is -1.39. The van der Waals surface area contributed by atoms with Gasteiger partial charge in [0.1, 0.15) is 12.2 Å². The van der Waals surface area contributed by atoms with Gasteiger partial charge in [0, 0.05) is 20.6 Å². The van der Waals surface area contributed by atoms with E-state index >= 15 is 0 Å². The molecule has 1 aliphatic rings. The van der Waals surface area contributed by atoms with Gasteiger partial charge in [-0.1, -0.05) is 0 Å². The van der Waals surface area contributed by atoms with Crippen molar-refractivity contribution < 1.29 is 27.9 Å². The van der Waals surface area contributed by atoms with Gasteiger partial charge in [0.05, 0.1) is 18.8 Å². The Morgan fingerprint density at radius 1 is 1.38 bits per heavy atom. The van der Waals surface area contributed by atoms with Gasteiger partial charge in [-0.05, 0) is 6.92 Å². The third-order valence-electron chi connectivity index (χ3n) is 3.07. The van der Waals surface area contributed by atoms with Crippen LogP contribution in [-0.2, 0) is 19.6 Å². The number of carboxylic acids is 1. The van der Waals surface area contributed by atoms with Crippen LogP contribution >= 0.6 is 0 Å². The van der Waals surface area contributed by atoms with Crippen molar-refractivity contribution in [2.45, 2.75) is 12.5 Å². The van der Waals surface area contributed by atoms with Crippen LogP contribution in [0, 0.1) is 0 Å². The summed E-state index contributed by atoms with van der Waals surface area (Å²) in [5, 5.41) is 11.0. The number of likely N-dealkylation sites (tertiary alicyclic amines) is 1. The number of rotatable bonds is 7. The maximum Gasteiger partial charge on any atom is 0.329 e. The zero-order chi connectivity index (χ0) is 16.3. The molecule has 0 radical (unpaired) electrons. The molecule has 0 aliphatic carbocycles. The topological polar surface area (TPSA) is 116 Å². The van der Waals surface area contributed by atoms with Crippen molar-refractivity contribution >= 4 is 22.0 Å². The number of nitrogens with zero attached hydrogens (tertiary/aromatic N) is 2. The lowest BCUT2D eigenvalue weighted by molar-refractivity contribution is -0.159. The molecule has 0 atom stereocenters. The fraction of sp³-hybridized carbons (Fsp3) is 0.818. The molecule has 0 unspecified atom stereocenters. The minimum Gasteiger partial charge on any atom is -0.480 e. The highest BCUT2D eigenvalue weighted by molar-refractivity contribution is 7.89. The van der Waals surface area contributed by atoms with Gasteiger partial charge in [0.25, 0.3) is 0 Å². The molecule has 0 bridgehead atoms. The fourth-order valence-corrected chi connectivity index (χ4v) is 2.54. The van der Waals surface area contributed by atoms with Crippen LogP contribution in [0.3, 0.4) is 0 Å². The Kier molecular flexibility index (Phi) is 5.54. The SMILES string of the molecule is CN(C)S(=O)(=O)CCNC(=O)N1CC(C)(OCC(=O)O)C1. The smallest absolute Gasteiger partial charge is 0.329 e. The Labute approximate surface area is 123 Å². The average molecular weight is 323 g/mol. The van der Waals surface area contributed by atoms with Crippen molar-refractivity contribution in [3.05, 3.63) is 0 Å². The van der Waals surface area contributed by atoms with Gasteiger partial charge in [-0.25, -0.2) is 22.3 Å². The maximum absolute atomic E-state index is 11.7. The van der Waals surface area contributed by atoms with Crippen molar-refractivity contribution in [2.75, 3.05) is 46.1 Å². The molecule has 1 heterocycles. The van der Waals surface area contributed by atoms with E-state index in [9.17, 15) is 18.0 Å². The molecule has 0 aromatic carbocycles. The molecule has 2 N–H and O–H groups in total. The Morgan fingerprint density at radius 2 is 1.95 bits per heavy atom. The second-order valence-corrected chi connectivity index (χ2v) is 7.62. The van der Waals surface area contributed by atoms with E-state index in [0.29, 0.717) is 0 Å². The lowest BCUT2D eigenvalue weighted by Crippen LogP contribution is -2.65. The summed E-state index contributed by atoms with van der Waals surface area (Å²) in [6.45, 7) is 1.87. The molecule has 0 spiro atoms. The fourth-order valence-electron chi connectivity index (χ4n) is 1.81. The minimum atomic E-state index is -3.34. The number of hydrogen-bond donors (Lipinski definition) is 2. The molecule has 0 aromatic rings. The van der Waals surface area contributed by atoms with Crippen molar-refractivity contribution in [3.8, 4) is 0 Å². The summed E-state index contributed by atoms with van der Waals surface area (Å²) in [5.74, 6) is -1.24. The van der Waals surface area contributed by atoms with Crippen molar-refractivity contribution in [2.24, 2.45) is 0 Å². The van der Waals surface area contributed by atoms with Crippen molar-refractivity contribution in [3.63, 3.8) is 0 Å². The van der Waals surface area contributed by atoms with E-state index in [1.165, 1.54) is 19.0 Å². The number of carbonyl (C=O) groups is 2. The first-order chi connectivity index (χ1) is 9.56. The van der Waals surface area contributed by atoms with Gasteiger partial charge >= 0.3 is 12.0 Å². The van der Waals surface area contributed by atoms with Crippen LogP contribution in [0.1, 0.15) is 6.92 Å². The number of hydrogen-bond acceptors (Lipinski definition) is 5. The summed E-state index contributed by atoms with van der Waals surface area (Å²) < 4.78 is 29.3. The van der Waals surface area contributed by atoms with Gasteiger partial charge in [0.2, 0.25) is 10.0 Å². The molecular weight excluding hydrogens is 302 g/mol. The third kappa shape index (κ3) is 5.14. The lowest BCUT2D eigenvalue weighted by Gasteiger charge is -2.46. The van der Waals surface area contributed by atoms with Crippen LogP contribution < -0.4 is 5.32 Å². The number of carboxylic acid groups (broad SMARTS) is 1. The molecule has 2 amide bonds. The highest BCUT2D eigenvalue weighted by Gasteiger charge is 2.42. The van der Waals surface area contributed by atoms with Crippen LogP contribution in [0.5, 0.6) is 0 Å². The summed E-state index contributed by atoms with van der Waals surface area (Å²) in [7, 11) is -0.482. The van der Waals surface area contributed by atoms with E-state index in [1.807, 2.05) is 0 Å². The average Bonchev–Trinajstić information content (AvgIpc) is 2.32. The van der Waals surface area contributed by atoms with Crippen LogP contribution in [0.4, 0.5) is 4.79 Å². The number of carbonyl (C=O) groups excluding carboxylic acids is 1. The third-order valence-corrected chi connectivity index (χ3v) is 4.91. The van der Waals surface area contributed by atoms with Gasteiger partial charge in [0.15, 0.2) is 0 Å². The second kappa shape index (κ2) is 6.58. The van der Waals surface area contributed by atoms with Crippen LogP contribution in [0.2, 0.25) is 0 Å². The summed E-state index contributed by atoms with van der Waals surface area (Å²) >= 11 is 0. The molecule has 10 heteroatoms. The van der Waals surface area contributed by atoms with E-state index in [2.05, 4.69) is 5.32 Å². The molecule has 0 aromatic heterocycles. The number of aliphatic carboxylic acids is 1. The number of urea groups is 1. The number of nitrogens with one attached hydrogen (secondary N) is 1. The first kappa shape index (κ1) is 17.7. The highest BCUT2D eigenvalue weighted by atomic mass is 32.2. The normalized spacial score (nSPS) is 17.4. The maximum atomic E-state index is 11.7. The first-order valence-electron chi connectivity index (χ1n) is 6.34. The molecule has 1 aliphatic heterocycles. The molecule has 1 fully saturated rings. The largest absolute Gasteiger partial charge is 0.480 e. The minimum absolute atomic E-state index is 0.0164. The van der Waals surface area contributed by atoms with Crippen LogP contribution in [0.15, 0.2) is 0 Å². The van der Waals surface area contributed by atoms with Crippen molar-refractivity contribution in [1.29, 1.82) is 0 Å². The molecule has 21 heavy (non-hydrogen) atoms. The lowest BCUT2D eigenvalue weighted by atomic mass is 9.97. The standard InChI is InChI=1S/C11H21N3O6S/c1-11(20-6-9(15)16)7-14(8-11)10(17)12-4-5-21(18,19)13(2)3/h4-8H2,1-3H3,(H,12,17)(H,15,16). The molecular formula is C11H21N3O6S. The molecule has 9 nitrogen and oxygen atoms in total. The molecule has 0 saturated carbocycles. The van der Waals surface area contributed by atoms with Gasteiger partial charge in [-0.3, -0.25) is 0 Å². The predicted octanol–water partition coefficient (Wildman–Crippen LogP) is -1.24. The van der Waals surface area contributed by atoms with E-state index in [1.54, 1.807) is 6.92 Å². The summed E-state index contributed by atoms with van der Waals surface area (Å²) in [6, 6.07) is -0.389. The molecule has 1 saturated heterocycles. The Balaban J connectivity index is 2.29. The predicted molar refractivity (Wildman–Crippen MR) is 74.4 cm³/mol. The molecule has 122 valence electrons. The quantitative estimate of drug-likeness (QED) is 0.605. The van der Waals surface area contributed by atoms with Gasteiger partial charge in [-0.15, -0.1) is 0 Å². The van der Waals surface area contributed by atoms with E-state index in [4.69, 9.17) is 9.84 Å².